The first-order chi connectivity index (χ1) is 13.2. The van der Waals surface area contributed by atoms with Gasteiger partial charge in [0, 0.05) is 42.8 Å². The molecule has 140 valence electrons. The molecule has 2 aromatic carbocycles. The van der Waals surface area contributed by atoms with Gasteiger partial charge in [0.2, 0.25) is 5.91 Å². The number of carbonyl (C=O) groups excluding carboxylic acids is 1. The lowest BCUT2D eigenvalue weighted by Gasteiger charge is -2.18. The quantitative estimate of drug-likeness (QED) is 0.630. The summed E-state index contributed by atoms with van der Waals surface area (Å²) in [6.07, 6.45) is 3.46. The third-order valence-corrected chi connectivity index (χ3v) is 5.32. The van der Waals surface area contributed by atoms with Gasteiger partial charge in [0.1, 0.15) is 0 Å². The standard InChI is InChI=1S/C22H26N4O/c23-20(12-17-13-24-21-9-5-4-8-19(17)21)22(27)25-18-10-11-26(15-18)14-16-6-2-1-3-7-16/h1-9,13,18,20,24H,10-12,14-15,23H2,(H,25,27)/t18?,20-/m0/s1. The predicted molar refractivity (Wildman–Crippen MR) is 108 cm³/mol. The van der Waals surface area contributed by atoms with E-state index in [9.17, 15) is 4.79 Å². The van der Waals surface area contributed by atoms with Crippen LogP contribution in [0.3, 0.4) is 0 Å². The van der Waals surface area contributed by atoms with E-state index < -0.39 is 6.04 Å². The molecule has 1 saturated heterocycles. The SMILES string of the molecule is N[C@@H](Cc1c[nH]c2ccccc12)C(=O)NC1CCN(Cc2ccccc2)C1. The van der Waals surface area contributed by atoms with Crippen molar-refractivity contribution in [3.05, 3.63) is 71.9 Å². The Morgan fingerprint density at radius 2 is 1.96 bits per heavy atom. The van der Waals surface area contributed by atoms with Crippen molar-refractivity contribution in [3.8, 4) is 0 Å². The maximum absolute atomic E-state index is 12.6. The number of nitrogens with one attached hydrogen (secondary N) is 2. The molecule has 1 amide bonds. The number of nitrogens with zero attached hydrogens (tertiary/aromatic N) is 1. The summed E-state index contributed by atoms with van der Waals surface area (Å²) in [5, 5.41) is 4.27. The molecule has 4 N–H and O–H groups in total. The Hall–Kier alpha value is -2.63. The third-order valence-electron chi connectivity index (χ3n) is 5.32. The van der Waals surface area contributed by atoms with Crippen LogP contribution < -0.4 is 11.1 Å². The zero-order valence-electron chi connectivity index (χ0n) is 15.4. The number of fused-ring (bicyclic) bond motifs is 1. The van der Waals surface area contributed by atoms with E-state index in [-0.39, 0.29) is 11.9 Å². The summed E-state index contributed by atoms with van der Waals surface area (Å²) in [5.74, 6) is -0.0631. The zero-order chi connectivity index (χ0) is 18.6. The van der Waals surface area contributed by atoms with Crippen molar-refractivity contribution in [2.24, 2.45) is 5.73 Å². The van der Waals surface area contributed by atoms with Gasteiger partial charge in [-0.05, 0) is 30.0 Å². The minimum Gasteiger partial charge on any atom is -0.361 e. The van der Waals surface area contributed by atoms with Gasteiger partial charge in [0.15, 0.2) is 0 Å². The smallest absolute Gasteiger partial charge is 0.237 e. The van der Waals surface area contributed by atoms with E-state index in [1.54, 1.807) is 0 Å². The van der Waals surface area contributed by atoms with E-state index in [4.69, 9.17) is 5.73 Å². The van der Waals surface area contributed by atoms with Gasteiger partial charge >= 0.3 is 0 Å². The second-order valence-electron chi connectivity index (χ2n) is 7.39. The van der Waals surface area contributed by atoms with Crippen LogP contribution in [0.15, 0.2) is 60.8 Å². The number of aromatic nitrogens is 1. The average molecular weight is 362 g/mol. The maximum Gasteiger partial charge on any atom is 0.237 e. The van der Waals surface area contributed by atoms with Gasteiger partial charge in [-0.2, -0.15) is 0 Å². The molecule has 0 aliphatic carbocycles. The summed E-state index contributed by atoms with van der Waals surface area (Å²) in [5.41, 5.74) is 9.67. The first-order valence-corrected chi connectivity index (χ1v) is 9.56. The van der Waals surface area contributed by atoms with Gasteiger partial charge in [-0.15, -0.1) is 0 Å². The molecule has 2 heterocycles. The topological polar surface area (TPSA) is 74.1 Å². The summed E-state index contributed by atoms with van der Waals surface area (Å²) < 4.78 is 0. The minimum atomic E-state index is -0.535. The van der Waals surface area contributed by atoms with Crippen LogP contribution in [0.4, 0.5) is 0 Å². The Balaban J connectivity index is 1.30. The molecular formula is C22H26N4O. The number of para-hydroxylation sites is 1. The summed E-state index contributed by atoms with van der Waals surface area (Å²) in [4.78, 5) is 18.2. The van der Waals surface area contributed by atoms with E-state index in [0.717, 1.165) is 42.5 Å². The monoisotopic (exact) mass is 362 g/mol. The van der Waals surface area contributed by atoms with Crippen LogP contribution in [0.25, 0.3) is 10.9 Å². The highest BCUT2D eigenvalue weighted by Gasteiger charge is 2.26. The fraction of sp³-hybridized carbons (Fsp3) is 0.318. The second kappa shape index (κ2) is 7.94. The predicted octanol–water partition coefficient (Wildman–Crippen LogP) is 2.43. The Labute approximate surface area is 159 Å². The molecule has 1 aliphatic heterocycles. The fourth-order valence-corrected chi connectivity index (χ4v) is 3.87. The Kier molecular flexibility index (Phi) is 5.23. The molecule has 27 heavy (non-hydrogen) atoms. The number of likely N-dealkylation sites (tertiary alicyclic amines) is 1. The van der Waals surface area contributed by atoms with Gasteiger partial charge in [0.25, 0.3) is 0 Å². The summed E-state index contributed by atoms with van der Waals surface area (Å²) in [6.45, 7) is 2.80. The molecule has 0 saturated carbocycles. The van der Waals surface area contributed by atoms with E-state index in [2.05, 4.69) is 45.5 Å². The Morgan fingerprint density at radius 3 is 2.81 bits per heavy atom. The van der Waals surface area contributed by atoms with E-state index in [1.165, 1.54) is 5.56 Å². The first kappa shape index (κ1) is 17.8. The van der Waals surface area contributed by atoms with Crippen LogP contribution in [0.2, 0.25) is 0 Å². The number of aromatic amines is 1. The lowest BCUT2D eigenvalue weighted by atomic mass is 10.0. The van der Waals surface area contributed by atoms with Crippen molar-refractivity contribution in [2.45, 2.75) is 31.5 Å². The number of hydrogen-bond acceptors (Lipinski definition) is 3. The molecule has 1 aliphatic rings. The summed E-state index contributed by atoms with van der Waals surface area (Å²) >= 11 is 0. The summed E-state index contributed by atoms with van der Waals surface area (Å²) in [6, 6.07) is 18.2. The van der Waals surface area contributed by atoms with Crippen LogP contribution >= 0.6 is 0 Å². The number of carbonyl (C=O) groups is 1. The first-order valence-electron chi connectivity index (χ1n) is 9.56. The van der Waals surface area contributed by atoms with Gasteiger partial charge in [0.05, 0.1) is 6.04 Å². The number of amides is 1. The Morgan fingerprint density at radius 1 is 1.19 bits per heavy atom. The number of H-pyrrole nitrogens is 1. The van der Waals surface area contributed by atoms with Crippen molar-refractivity contribution in [1.29, 1.82) is 0 Å². The molecule has 1 unspecified atom stereocenters. The number of hydrogen-bond donors (Lipinski definition) is 3. The number of benzene rings is 2. The zero-order valence-corrected chi connectivity index (χ0v) is 15.4. The van der Waals surface area contributed by atoms with E-state index >= 15 is 0 Å². The van der Waals surface area contributed by atoms with Crippen LogP contribution in [0.5, 0.6) is 0 Å². The normalized spacial score (nSPS) is 18.6. The molecule has 1 fully saturated rings. The number of nitrogens with two attached hydrogens (primary N) is 1. The third kappa shape index (κ3) is 4.21. The molecule has 5 heteroatoms. The lowest BCUT2D eigenvalue weighted by molar-refractivity contribution is -0.122. The molecule has 0 radical (unpaired) electrons. The highest BCUT2D eigenvalue weighted by atomic mass is 16.2. The molecule has 3 aromatic rings. The lowest BCUT2D eigenvalue weighted by Crippen LogP contribution is -2.47. The van der Waals surface area contributed by atoms with Crippen molar-refractivity contribution in [2.75, 3.05) is 13.1 Å². The van der Waals surface area contributed by atoms with Gasteiger partial charge in [-0.3, -0.25) is 9.69 Å². The molecule has 0 spiro atoms. The van der Waals surface area contributed by atoms with Crippen molar-refractivity contribution in [3.63, 3.8) is 0 Å². The molecule has 1 aromatic heterocycles. The van der Waals surface area contributed by atoms with E-state index in [0.29, 0.717) is 6.42 Å². The van der Waals surface area contributed by atoms with Gasteiger partial charge in [-0.25, -0.2) is 0 Å². The van der Waals surface area contributed by atoms with Crippen LogP contribution in [0, 0.1) is 0 Å². The molecule has 5 nitrogen and oxygen atoms in total. The van der Waals surface area contributed by atoms with Crippen molar-refractivity contribution < 1.29 is 4.79 Å². The van der Waals surface area contributed by atoms with Gasteiger partial charge in [-0.1, -0.05) is 48.5 Å². The molecule has 2 atom stereocenters. The molecule has 4 rings (SSSR count). The van der Waals surface area contributed by atoms with Gasteiger partial charge < -0.3 is 16.0 Å². The summed E-state index contributed by atoms with van der Waals surface area (Å²) in [7, 11) is 0. The van der Waals surface area contributed by atoms with Crippen molar-refractivity contribution in [1.82, 2.24) is 15.2 Å². The second-order valence-corrected chi connectivity index (χ2v) is 7.39. The fourth-order valence-electron chi connectivity index (χ4n) is 3.87. The highest BCUT2D eigenvalue weighted by Crippen LogP contribution is 2.19. The Bertz CT molecular complexity index is 905. The maximum atomic E-state index is 12.6. The van der Waals surface area contributed by atoms with Crippen LogP contribution in [-0.2, 0) is 17.8 Å². The molecular weight excluding hydrogens is 336 g/mol. The van der Waals surface area contributed by atoms with E-state index in [1.807, 2.05) is 30.5 Å². The highest BCUT2D eigenvalue weighted by molar-refractivity contribution is 5.86. The minimum absolute atomic E-state index is 0.0631. The number of rotatable bonds is 6. The molecule has 0 bridgehead atoms. The van der Waals surface area contributed by atoms with Crippen molar-refractivity contribution >= 4 is 16.8 Å². The largest absolute Gasteiger partial charge is 0.361 e. The van der Waals surface area contributed by atoms with Crippen LogP contribution in [0.1, 0.15) is 17.5 Å². The van der Waals surface area contributed by atoms with Crippen LogP contribution in [-0.4, -0.2) is 41.0 Å². The average Bonchev–Trinajstić information content (AvgIpc) is 3.30.